The number of hydrogen-bond donors (Lipinski definition) is 3. The van der Waals surface area contributed by atoms with E-state index in [-0.39, 0.29) is 34.3 Å². The van der Waals surface area contributed by atoms with Crippen molar-refractivity contribution in [2.45, 2.75) is 6.92 Å². The quantitative estimate of drug-likeness (QED) is 0.427. The molecule has 0 bridgehead atoms. The van der Waals surface area contributed by atoms with Gasteiger partial charge in [0.2, 0.25) is 11.7 Å². The molecule has 3 rings (SSSR count). The standard InChI is InChI=1S/C17H19N7O4/c1-7(25)9-10(18)13(19)22-15(27-4)12(9)28-16(26)8-5-6-20-14-11(8)21-17(23-14)24(2)3/h5-6H,18H2,1-4H3,(H2,19,22)(H,20,21,23). The van der Waals surface area contributed by atoms with Crippen molar-refractivity contribution in [3.63, 3.8) is 0 Å². The van der Waals surface area contributed by atoms with E-state index in [9.17, 15) is 9.59 Å². The Morgan fingerprint density at radius 1 is 1.21 bits per heavy atom. The predicted octanol–water partition coefficient (Wildman–Crippen LogP) is 1.01. The van der Waals surface area contributed by atoms with E-state index < -0.39 is 11.8 Å². The molecule has 0 saturated heterocycles. The van der Waals surface area contributed by atoms with E-state index in [4.69, 9.17) is 20.9 Å². The number of H-pyrrole nitrogens is 1. The van der Waals surface area contributed by atoms with Crippen LogP contribution < -0.4 is 25.8 Å². The molecule has 0 aliphatic heterocycles. The van der Waals surface area contributed by atoms with E-state index in [1.54, 1.807) is 19.0 Å². The SMILES string of the molecule is COc1nc(N)c(N)c(C(C)=O)c1OC(=O)c1ccnc2nc(N(C)C)[nH]c12. The van der Waals surface area contributed by atoms with Gasteiger partial charge in [0.15, 0.2) is 17.2 Å². The topological polar surface area (TPSA) is 162 Å². The number of methoxy groups -OCH3 is 1. The van der Waals surface area contributed by atoms with Crippen molar-refractivity contribution in [3.05, 3.63) is 23.4 Å². The number of aromatic nitrogens is 4. The van der Waals surface area contributed by atoms with E-state index in [1.807, 2.05) is 0 Å². The Hall–Kier alpha value is -3.89. The molecule has 0 atom stereocenters. The normalized spacial score (nSPS) is 10.7. The van der Waals surface area contributed by atoms with Gasteiger partial charge in [0.1, 0.15) is 5.52 Å². The van der Waals surface area contributed by atoms with E-state index in [2.05, 4.69) is 19.9 Å². The van der Waals surface area contributed by atoms with Crippen LogP contribution in [0.5, 0.6) is 11.6 Å². The molecule has 0 aliphatic rings. The van der Waals surface area contributed by atoms with Crippen LogP contribution in [0.25, 0.3) is 11.2 Å². The zero-order valence-electron chi connectivity index (χ0n) is 15.7. The van der Waals surface area contributed by atoms with Crippen LogP contribution in [0, 0.1) is 0 Å². The van der Waals surface area contributed by atoms with Crippen LogP contribution >= 0.6 is 0 Å². The summed E-state index contributed by atoms with van der Waals surface area (Å²) in [5, 5.41) is 0. The third-order valence-electron chi connectivity index (χ3n) is 3.95. The van der Waals surface area contributed by atoms with Crippen molar-refractivity contribution in [2.75, 3.05) is 37.6 Å². The largest absolute Gasteiger partial charge is 0.478 e. The molecule has 11 nitrogen and oxygen atoms in total. The minimum atomic E-state index is -0.770. The molecule has 0 aliphatic carbocycles. The highest BCUT2D eigenvalue weighted by molar-refractivity contribution is 6.07. The molecule has 28 heavy (non-hydrogen) atoms. The second-order valence-corrected chi connectivity index (χ2v) is 6.08. The van der Waals surface area contributed by atoms with Gasteiger partial charge in [-0.15, -0.1) is 0 Å². The Morgan fingerprint density at radius 2 is 1.93 bits per heavy atom. The summed E-state index contributed by atoms with van der Waals surface area (Å²) in [6.45, 7) is 1.27. The van der Waals surface area contributed by atoms with Crippen molar-refractivity contribution < 1.29 is 19.1 Å². The van der Waals surface area contributed by atoms with Gasteiger partial charge in [0.05, 0.1) is 23.9 Å². The lowest BCUT2D eigenvalue weighted by Crippen LogP contribution is -2.16. The van der Waals surface area contributed by atoms with Crippen molar-refractivity contribution >= 4 is 40.4 Å². The number of pyridine rings is 2. The molecule has 3 aromatic rings. The Kier molecular flexibility index (Phi) is 4.74. The van der Waals surface area contributed by atoms with Gasteiger partial charge in [-0.25, -0.2) is 9.78 Å². The second kappa shape index (κ2) is 7.02. The first-order valence-corrected chi connectivity index (χ1v) is 8.12. The molecule has 3 aromatic heterocycles. The number of carbonyl (C=O) groups is 2. The number of fused-ring (bicyclic) bond motifs is 1. The van der Waals surface area contributed by atoms with Gasteiger partial charge in [0.25, 0.3) is 5.88 Å². The number of rotatable bonds is 5. The number of ether oxygens (including phenoxy) is 2. The minimum absolute atomic E-state index is 0.0819. The minimum Gasteiger partial charge on any atom is -0.478 e. The molecule has 0 aromatic carbocycles. The van der Waals surface area contributed by atoms with E-state index >= 15 is 0 Å². The number of ketones is 1. The van der Waals surface area contributed by atoms with Crippen LogP contribution in [0.4, 0.5) is 17.5 Å². The van der Waals surface area contributed by atoms with Crippen molar-refractivity contribution in [3.8, 4) is 11.6 Å². The fraction of sp³-hybridized carbons (Fsp3) is 0.235. The number of nitrogen functional groups attached to an aromatic ring is 2. The lowest BCUT2D eigenvalue weighted by atomic mass is 10.1. The summed E-state index contributed by atoms with van der Waals surface area (Å²) in [7, 11) is 4.90. The maximum absolute atomic E-state index is 12.9. The van der Waals surface area contributed by atoms with Gasteiger partial charge < -0.3 is 30.8 Å². The first-order valence-electron chi connectivity index (χ1n) is 8.12. The Morgan fingerprint density at radius 3 is 2.54 bits per heavy atom. The summed E-state index contributed by atoms with van der Waals surface area (Å²) in [6.07, 6.45) is 1.43. The maximum Gasteiger partial charge on any atom is 0.346 e. The third-order valence-corrected chi connectivity index (χ3v) is 3.95. The van der Waals surface area contributed by atoms with Gasteiger partial charge >= 0.3 is 5.97 Å². The fourth-order valence-corrected chi connectivity index (χ4v) is 2.59. The zero-order valence-corrected chi connectivity index (χ0v) is 15.7. The summed E-state index contributed by atoms with van der Waals surface area (Å²) in [6, 6.07) is 1.47. The molecule has 0 spiro atoms. The van der Waals surface area contributed by atoms with Gasteiger partial charge in [-0.05, 0) is 13.0 Å². The van der Waals surface area contributed by atoms with Gasteiger partial charge in [0, 0.05) is 20.3 Å². The van der Waals surface area contributed by atoms with Crippen molar-refractivity contribution in [2.24, 2.45) is 0 Å². The predicted molar refractivity (Wildman–Crippen MR) is 103 cm³/mol. The van der Waals surface area contributed by atoms with Gasteiger partial charge in [-0.2, -0.15) is 9.97 Å². The first-order chi connectivity index (χ1) is 13.2. The van der Waals surface area contributed by atoms with Crippen LogP contribution in [0.1, 0.15) is 27.6 Å². The summed E-state index contributed by atoms with van der Waals surface area (Å²) in [5.74, 6) is -1.14. The van der Waals surface area contributed by atoms with Crippen LogP contribution in [0.15, 0.2) is 12.3 Å². The number of imidazole rings is 1. The number of hydrogen-bond acceptors (Lipinski definition) is 10. The van der Waals surface area contributed by atoms with E-state index in [0.717, 1.165) is 0 Å². The molecule has 3 heterocycles. The third kappa shape index (κ3) is 3.13. The highest BCUT2D eigenvalue weighted by atomic mass is 16.6. The second-order valence-electron chi connectivity index (χ2n) is 6.08. The summed E-state index contributed by atoms with van der Waals surface area (Å²) in [5.41, 5.74) is 12.3. The smallest absolute Gasteiger partial charge is 0.346 e. The number of anilines is 3. The Labute approximate surface area is 159 Å². The highest BCUT2D eigenvalue weighted by Gasteiger charge is 2.26. The lowest BCUT2D eigenvalue weighted by molar-refractivity contribution is 0.0728. The number of Topliss-reactive ketones (excluding diaryl/α,β-unsaturated/α-hetero) is 1. The number of aromatic amines is 1. The number of esters is 1. The van der Waals surface area contributed by atoms with Gasteiger partial charge in [-0.3, -0.25) is 4.79 Å². The summed E-state index contributed by atoms with van der Waals surface area (Å²) < 4.78 is 10.6. The molecular formula is C17H19N7O4. The lowest BCUT2D eigenvalue weighted by Gasteiger charge is -2.15. The van der Waals surface area contributed by atoms with Crippen LogP contribution in [-0.4, -0.2) is 52.9 Å². The molecular weight excluding hydrogens is 366 g/mol. The number of nitrogens with two attached hydrogens (primary N) is 2. The molecule has 0 fully saturated rings. The monoisotopic (exact) mass is 385 g/mol. The molecule has 5 N–H and O–H groups in total. The van der Waals surface area contributed by atoms with Crippen LogP contribution in [-0.2, 0) is 0 Å². The number of nitrogens with one attached hydrogen (secondary N) is 1. The molecule has 0 unspecified atom stereocenters. The van der Waals surface area contributed by atoms with E-state index in [0.29, 0.717) is 17.1 Å². The first kappa shape index (κ1) is 18.9. The highest BCUT2D eigenvalue weighted by Crippen LogP contribution is 2.37. The molecule has 0 radical (unpaired) electrons. The van der Waals surface area contributed by atoms with Crippen molar-refractivity contribution in [1.29, 1.82) is 0 Å². The van der Waals surface area contributed by atoms with Crippen LogP contribution in [0.2, 0.25) is 0 Å². The van der Waals surface area contributed by atoms with Crippen LogP contribution in [0.3, 0.4) is 0 Å². The Bertz CT molecular complexity index is 1090. The molecule has 0 saturated carbocycles. The number of carbonyl (C=O) groups excluding carboxylic acids is 2. The average molecular weight is 385 g/mol. The van der Waals surface area contributed by atoms with E-state index in [1.165, 1.54) is 26.3 Å². The van der Waals surface area contributed by atoms with Crippen molar-refractivity contribution in [1.82, 2.24) is 19.9 Å². The number of nitrogens with zero attached hydrogens (tertiary/aromatic N) is 4. The maximum atomic E-state index is 12.9. The fourth-order valence-electron chi connectivity index (χ4n) is 2.59. The zero-order chi connectivity index (χ0) is 20.6. The molecule has 11 heteroatoms. The summed E-state index contributed by atoms with van der Waals surface area (Å²) in [4.78, 5) is 42.0. The molecule has 146 valence electrons. The Balaban J connectivity index is 2.11. The average Bonchev–Trinajstić information content (AvgIpc) is 3.08. The summed E-state index contributed by atoms with van der Waals surface area (Å²) >= 11 is 0. The molecule has 0 amide bonds. The van der Waals surface area contributed by atoms with Gasteiger partial charge in [-0.1, -0.05) is 0 Å².